The minimum atomic E-state index is -0.499. The normalized spacial score (nSPS) is 27.1. The highest BCUT2D eigenvalue weighted by Crippen LogP contribution is 2.47. The smallest absolute Gasteiger partial charge is 0.234 e. The molecule has 1 saturated heterocycles. The summed E-state index contributed by atoms with van der Waals surface area (Å²) in [6, 6.07) is 7.92. The minimum Gasteiger partial charge on any atom is -0.497 e. The van der Waals surface area contributed by atoms with E-state index in [1.54, 1.807) is 7.11 Å². The van der Waals surface area contributed by atoms with E-state index in [1.165, 1.54) is 5.56 Å². The lowest BCUT2D eigenvalue weighted by molar-refractivity contribution is -0.125. The molecule has 1 aliphatic heterocycles. The van der Waals surface area contributed by atoms with E-state index in [-0.39, 0.29) is 11.8 Å². The Morgan fingerprint density at radius 1 is 1.36 bits per heavy atom. The van der Waals surface area contributed by atoms with Crippen LogP contribution >= 0.6 is 0 Å². The Hall–Kier alpha value is -1.59. The van der Waals surface area contributed by atoms with Crippen LogP contribution in [0.3, 0.4) is 0 Å². The van der Waals surface area contributed by atoms with Crippen molar-refractivity contribution in [2.75, 3.05) is 33.3 Å². The third kappa shape index (κ3) is 4.53. The van der Waals surface area contributed by atoms with Crippen LogP contribution in [0.5, 0.6) is 5.75 Å². The number of hydrogen-bond donors (Lipinski definition) is 2. The van der Waals surface area contributed by atoms with Gasteiger partial charge in [0.1, 0.15) is 5.75 Å². The molecule has 1 heterocycles. The minimum absolute atomic E-state index is 0.0672. The summed E-state index contributed by atoms with van der Waals surface area (Å²) in [4.78, 5) is 14.4. The van der Waals surface area contributed by atoms with Crippen molar-refractivity contribution in [3.8, 4) is 5.75 Å². The van der Waals surface area contributed by atoms with E-state index in [0.29, 0.717) is 19.0 Å². The first-order valence-corrected chi connectivity index (χ1v) is 9.35. The molecule has 0 spiro atoms. The highest BCUT2D eigenvalue weighted by atomic mass is 16.5. The standard InChI is InChI=1S/C20H30N2O3/c1-15-13-22(12-10-20(15,24)17-5-6-17)14-19(23)21-11-9-16-3-7-18(25-2)8-4-16/h3-4,7-8,15,17,24H,5-6,9-14H2,1-2H3,(H,21,23)/t15-,20+/m0/s1. The maximum atomic E-state index is 12.2. The zero-order valence-electron chi connectivity index (χ0n) is 15.3. The second-order valence-corrected chi connectivity index (χ2v) is 7.60. The summed E-state index contributed by atoms with van der Waals surface area (Å²) in [7, 11) is 1.65. The quantitative estimate of drug-likeness (QED) is 0.791. The monoisotopic (exact) mass is 346 g/mol. The fourth-order valence-electron chi connectivity index (χ4n) is 3.95. The molecule has 0 bridgehead atoms. The average Bonchev–Trinajstić information content (AvgIpc) is 3.44. The molecule has 0 unspecified atom stereocenters. The number of likely N-dealkylation sites (tertiary alicyclic amines) is 1. The predicted octanol–water partition coefficient (Wildman–Crippen LogP) is 1.84. The number of benzene rings is 1. The number of methoxy groups -OCH3 is 1. The lowest BCUT2D eigenvalue weighted by Crippen LogP contribution is -2.54. The number of carbonyl (C=O) groups is 1. The zero-order chi connectivity index (χ0) is 17.9. The second-order valence-electron chi connectivity index (χ2n) is 7.60. The molecular formula is C20H30N2O3. The summed E-state index contributed by atoms with van der Waals surface area (Å²) in [5.74, 6) is 1.64. The van der Waals surface area contributed by atoms with Crippen LogP contribution in [-0.2, 0) is 11.2 Å². The number of amides is 1. The summed E-state index contributed by atoms with van der Waals surface area (Å²) in [5.41, 5.74) is 0.684. The molecule has 1 aliphatic carbocycles. The van der Waals surface area contributed by atoms with Gasteiger partial charge in [0, 0.05) is 19.6 Å². The Morgan fingerprint density at radius 2 is 2.08 bits per heavy atom. The van der Waals surface area contributed by atoms with Gasteiger partial charge in [-0.25, -0.2) is 0 Å². The first-order valence-electron chi connectivity index (χ1n) is 9.35. The molecule has 5 nitrogen and oxygen atoms in total. The van der Waals surface area contributed by atoms with E-state index >= 15 is 0 Å². The molecule has 0 radical (unpaired) electrons. The van der Waals surface area contributed by atoms with Crippen LogP contribution < -0.4 is 10.1 Å². The molecule has 1 aromatic carbocycles. The van der Waals surface area contributed by atoms with Crippen molar-refractivity contribution < 1.29 is 14.6 Å². The van der Waals surface area contributed by atoms with Gasteiger partial charge >= 0.3 is 0 Å². The lowest BCUT2D eigenvalue weighted by Gasteiger charge is -2.43. The van der Waals surface area contributed by atoms with E-state index in [2.05, 4.69) is 17.1 Å². The van der Waals surface area contributed by atoms with E-state index in [1.807, 2.05) is 24.3 Å². The van der Waals surface area contributed by atoms with Crippen molar-refractivity contribution in [2.24, 2.45) is 11.8 Å². The molecule has 1 aromatic rings. The largest absolute Gasteiger partial charge is 0.497 e. The molecule has 5 heteroatoms. The molecule has 2 atom stereocenters. The molecule has 3 rings (SSSR count). The van der Waals surface area contributed by atoms with Crippen LogP contribution in [-0.4, -0.2) is 54.8 Å². The van der Waals surface area contributed by atoms with Crippen LogP contribution in [0, 0.1) is 11.8 Å². The Labute approximate surface area is 150 Å². The Morgan fingerprint density at radius 3 is 2.68 bits per heavy atom. The first kappa shape index (κ1) is 18.2. The average molecular weight is 346 g/mol. The molecule has 2 fully saturated rings. The van der Waals surface area contributed by atoms with Crippen LogP contribution in [0.2, 0.25) is 0 Å². The topological polar surface area (TPSA) is 61.8 Å². The summed E-state index contributed by atoms with van der Waals surface area (Å²) >= 11 is 0. The Balaban J connectivity index is 1.38. The van der Waals surface area contributed by atoms with Crippen LogP contribution in [0.4, 0.5) is 0 Å². The molecule has 1 saturated carbocycles. The number of nitrogens with one attached hydrogen (secondary N) is 1. The lowest BCUT2D eigenvalue weighted by atomic mass is 9.78. The number of rotatable bonds is 7. The Kier molecular flexibility index (Phi) is 5.64. The van der Waals surface area contributed by atoms with Crippen molar-refractivity contribution in [3.63, 3.8) is 0 Å². The van der Waals surface area contributed by atoms with Gasteiger partial charge < -0.3 is 15.2 Å². The summed E-state index contributed by atoms with van der Waals surface area (Å²) in [6.07, 6.45) is 3.92. The van der Waals surface area contributed by atoms with E-state index in [0.717, 1.165) is 44.5 Å². The van der Waals surface area contributed by atoms with Crippen LogP contribution in [0.25, 0.3) is 0 Å². The van der Waals surface area contributed by atoms with Gasteiger partial charge in [-0.3, -0.25) is 9.69 Å². The highest BCUT2D eigenvalue weighted by molar-refractivity contribution is 5.78. The molecule has 1 amide bonds. The third-order valence-electron chi connectivity index (χ3n) is 5.76. The predicted molar refractivity (Wildman–Crippen MR) is 97.6 cm³/mol. The van der Waals surface area contributed by atoms with E-state index < -0.39 is 5.60 Å². The number of piperidine rings is 1. The van der Waals surface area contributed by atoms with Crippen molar-refractivity contribution in [2.45, 2.75) is 38.2 Å². The molecular weight excluding hydrogens is 316 g/mol. The van der Waals surface area contributed by atoms with Crippen molar-refractivity contribution >= 4 is 5.91 Å². The van der Waals surface area contributed by atoms with Gasteiger partial charge in [0.15, 0.2) is 0 Å². The number of aliphatic hydroxyl groups is 1. The first-order chi connectivity index (χ1) is 12.0. The number of ether oxygens (including phenoxy) is 1. The van der Waals surface area contributed by atoms with Gasteiger partial charge in [-0.2, -0.15) is 0 Å². The second kappa shape index (κ2) is 7.75. The molecule has 138 valence electrons. The van der Waals surface area contributed by atoms with Crippen LogP contribution in [0.15, 0.2) is 24.3 Å². The van der Waals surface area contributed by atoms with Gasteiger partial charge in [-0.1, -0.05) is 19.1 Å². The van der Waals surface area contributed by atoms with Gasteiger partial charge in [0.2, 0.25) is 5.91 Å². The number of nitrogens with zero attached hydrogens (tertiary/aromatic N) is 1. The SMILES string of the molecule is COc1ccc(CCNC(=O)CN2CC[C@](O)(C3CC3)[C@@H](C)C2)cc1. The number of hydrogen-bond acceptors (Lipinski definition) is 4. The van der Waals surface area contributed by atoms with E-state index in [4.69, 9.17) is 4.74 Å². The van der Waals surface area contributed by atoms with Crippen molar-refractivity contribution in [3.05, 3.63) is 29.8 Å². The van der Waals surface area contributed by atoms with Crippen molar-refractivity contribution in [1.82, 2.24) is 10.2 Å². The van der Waals surface area contributed by atoms with E-state index in [9.17, 15) is 9.90 Å². The van der Waals surface area contributed by atoms with Gasteiger partial charge in [0.05, 0.1) is 19.3 Å². The summed E-state index contributed by atoms with van der Waals surface area (Å²) in [6.45, 7) is 4.79. The van der Waals surface area contributed by atoms with Gasteiger partial charge in [-0.15, -0.1) is 0 Å². The molecule has 0 aromatic heterocycles. The van der Waals surface area contributed by atoms with Crippen LogP contribution in [0.1, 0.15) is 31.7 Å². The fourth-order valence-corrected chi connectivity index (χ4v) is 3.95. The molecule has 2 aliphatic rings. The molecule has 2 N–H and O–H groups in total. The Bertz CT molecular complexity index is 585. The van der Waals surface area contributed by atoms with Crippen molar-refractivity contribution in [1.29, 1.82) is 0 Å². The maximum Gasteiger partial charge on any atom is 0.234 e. The number of carbonyl (C=O) groups excluding carboxylic acids is 1. The maximum absolute atomic E-state index is 12.2. The summed E-state index contributed by atoms with van der Waals surface area (Å²) < 4.78 is 5.15. The van der Waals surface area contributed by atoms with Gasteiger partial charge in [-0.05, 0) is 55.2 Å². The van der Waals surface area contributed by atoms with Gasteiger partial charge in [0.25, 0.3) is 0 Å². The third-order valence-corrected chi connectivity index (χ3v) is 5.76. The fraction of sp³-hybridized carbons (Fsp3) is 0.650. The zero-order valence-corrected chi connectivity index (χ0v) is 15.3. The molecule has 25 heavy (non-hydrogen) atoms. The summed E-state index contributed by atoms with van der Waals surface area (Å²) in [5, 5.41) is 13.8. The highest BCUT2D eigenvalue weighted by Gasteiger charge is 2.49.